The van der Waals surface area contributed by atoms with Crippen molar-refractivity contribution in [1.29, 1.82) is 0 Å². The van der Waals surface area contributed by atoms with Crippen LogP contribution in [0.3, 0.4) is 0 Å². The van der Waals surface area contributed by atoms with E-state index in [9.17, 15) is 9.59 Å². The molecule has 0 spiro atoms. The second-order valence-corrected chi connectivity index (χ2v) is 7.65. The number of aryl methyl sites for hydroxylation is 2. The third kappa shape index (κ3) is 4.04. The summed E-state index contributed by atoms with van der Waals surface area (Å²) in [6, 6.07) is 0. The summed E-state index contributed by atoms with van der Waals surface area (Å²) in [7, 11) is 0. The highest BCUT2D eigenvalue weighted by atomic mass is 16.2. The Hall–Kier alpha value is -3.09. The quantitative estimate of drug-likeness (QED) is 0.865. The smallest absolute Gasteiger partial charge is 0.271 e. The topological polar surface area (TPSA) is 88.1 Å². The first kappa shape index (κ1) is 19.2. The van der Waals surface area contributed by atoms with Crippen molar-refractivity contribution in [1.82, 2.24) is 25.2 Å². The lowest BCUT2D eigenvalue weighted by Gasteiger charge is -2.31. The molecule has 4 rings (SSSR count). The van der Waals surface area contributed by atoms with E-state index in [-0.39, 0.29) is 11.8 Å². The fraction of sp³-hybridized carbons (Fsp3) is 0.409. The number of carbonyl (C=O) groups is 2. The maximum atomic E-state index is 12.7. The van der Waals surface area contributed by atoms with E-state index < -0.39 is 0 Å². The molecule has 0 radical (unpaired) electrons. The molecule has 7 heteroatoms. The van der Waals surface area contributed by atoms with Gasteiger partial charge in [-0.2, -0.15) is 0 Å². The lowest BCUT2D eigenvalue weighted by Crippen LogP contribution is -2.37. The predicted octanol–water partition coefficient (Wildman–Crippen LogP) is 2.41. The summed E-state index contributed by atoms with van der Waals surface area (Å²) in [5.74, 6) is -0.100. The number of nitrogens with one attached hydrogen (secondary N) is 1. The van der Waals surface area contributed by atoms with Crippen LogP contribution >= 0.6 is 0 Å². The molecule has 2 aliphatic rings. The van der Waals surface area contributed by atoms with Gasteiger partial charge in [-0.15, -0.1) is 0 Å². The van der Waals surface area contributed by atoms with Crippen molar-refractivity contribution in [2.24, 2.45) is 0 Å². The van der Waals surface area contributed by atoms with Crippen molar-refractivity contribution in [2.75, 3.05) is 6.54 Å². The number of fused-ring (bicyclic) bond motifs is 1. The highest BCUT2D eigenvalue weighted by Gasteiger charge is 2.26. The Labute approximate surface area is 170 Å². The number of nitrogens with zero attached hydrogens (tertiary/aromatic N) is 4. The molecule has 1 N–H and O–H groups in total. The maximum Gasteiger partial charge on any atom is 0.271 e. The fourth-order valence-electron chi connectivity index (χ4n) is 3.97. The number of hydrogen-bond donors (Lipinski definition) is 1. The third-order valence-electron chi connectivity index (χ3n) is 5.64. The summed E-state index contributed by atoms with van der Waals surface area (Å²) in [6.07, 6.45) is 10.7. The van der Waals surface area contributed by atoms with E-state index >= 15 is 0 Å². The SMILES string of the molecule is Cc1cnc(C(=O)NCc2c(C)ncc3c2CCN(C(=O)C2=CCCC2)C3)cn1. The Morgan fingerprint density at radius 1 is 1.10 bits per heavy atom. The van der Waals surface area contributed by atoms with E-state index in [2.05, 4.69) is 26.3 Å². The summed E-state index contributed by atoms with van der Waals surface area (Å²) < 4.78 is 0. The molecule has 150 valence electrons. The van der Waals surface area contributed by atoms with E-state index in [1.165, 1.54) is 11.8 Å². The lowest BCUT2D eigenvalue weighted by molar-refractivity contribution is -0.128. The zero-order valence-electron chi connectivity index (χ0n) is 16.9. The molecular formula is C22H25N5O2. The van der Waals surface area contributed by atoms with Crippen LogP contribution in [0, 0.1) is 13.8 Å². The Bertz CT molecular complexity index is 981. The van der Waals surface area contributed by atoms with Gasteiger partial charge in [0, 0.05) is 43.3 Å². The second kappa shape index (κ2) is 8.11. The van der Waals surface area contributed by atoms with Gasteiger partial charge in [0.15, 0.2) is 0 Å². The normalized spacial score (nSPS) is 15.7. The summed E-state index contributed by atoms with van der Waals surface area (Å²) in [5.41, 5.74) is 6.20. The Kier molecular flexibility index (Phi) is 5.38. The number of pyridine rings is 1. The van der Waals surface area contributed by atoms with Crippen LogP contribution in [0.1, 0.15) is 57.8 Å². The van der Waals surface area contributed by atoms with Crippen molar-refractivity contribution in [2.45, 2.75) is 52.6 Å². The minimum atomic E-state index is -0.254. The van der Waals surface area contributed by atoms with E-state index in [1.54, 1.807) is 6.20 Å². The molecule has 0 fully saturated rings. The van der Waals surface area contributed by atoms with Crippen molar-refractivity contribution in [3.8, 4) is 0 Å². The van der Waals surface area contributed by atoms with Gasteiger partial charge in [0.05, 0.1) is 11.9 Å². The largest absolute Gasteiger partial charge is 0.346 e. The molecule has 0 saturated heterocycles. The maximum absolute atomic E-state index is 12.7. The van der Waals surface area contributed by atoms with Gasteiger partial charge in [-0.1, -0.05) is 6.08 Å². The molecule has 0 atom stereocenters. The summed E-state index contributed by atoms with van der Waals surface area (Å²) in [4.78, 5) is 39.8. The first-order chi connectivity index (χ1) is 14.0. The molecule has 0 unspecified atom stereocenters. The van der Waals surface area contributed by atoms with Gasteiger partial charge >= 0.3 is 0 Å². The lowest BCUT2D eigenvalue weighted by atomic mass is 9.94. The van der Waals surface area contributed by atoms with Crippen molar-refractivity contribution in [3.63, 3.8) is 0 Å². The van der Waals surface area contributed by atoms with Gasteiger partial charge in [-0.05, 0) is 56.2 Å². The molecule has 2 amide bonds. The molecule has 7 nitrogen and oxygen atoms in total. The minimum absolute atomic E-state index is 0.154. The highest BCUT2D eigenvalue weighted by Crippen LogP contribution is 2.27. The van der Waals surface area contributed by atoms with Crippen LogP contribution in [0.15, 0.2) is 30.2 Å². The zero-order chi connectivity index (χ0) is 20.4. The van der Waals surface area contributed by atoms with Crippen LogP contribution < -0.4 is 5.32 Å². The molecule has 2 aromatic heterocycles. The highest BCUT2D eigenvalue weighted by molar-refractivity contribution is 5.94. The second-order valence-electron chi connectivity index (χ2n) is 7.65. The van der Waals surface area contributed by atoms with Gasteiger partial charge in [0.2, 0.25) is 5.91 Å². The van der Waals surface area contributed by atoms with E-state index in [1.807, 2.05) is 24.9 Å². The monoisotopic (exact) mass is 391 g/mol. The van der Waals surface area contributed by atoms with E-state index in [0.29, 0.717) is 25.3 Å². The van der Waals surface area contributed by atoms with Crippen LogP contribution in [0.2, 0.25) is 0 Å². The van der Waals surface area contributed by atoms with Crippen LogP contribution in [-0.2, 0) is 24.3 Å². The predicted molar refractivity (Wildman–Crippen MR) is 108 cm³/mol. The van der Waals surface area contributed by atoms with E-state index in [0.717, 1.165) is 53.8 Å². The van der Waals surface area contributed by atoms with Gasteiger partial charge in [0.1, 0.15) is 5.69 Å². The van der Waals surface area contributed by atoms with Crippen LogP contribution in [0.25, 0.3) is 0 Å². The molecule has 29 heavy (non-hydrogen) atoms. The minimum Gasteiger partial charge on any atom is -0.346 e. The van der Waals surface area contributed by atoms with Crippen molar-refractivity contribution >= 4 is 11.8 Å². The Morgan fingerprint density at radius 2 is 1.97 bits per heavy atom. The summed E-state index contributed by atoms with van der Waals surface area (Å²) in [6.45, 7) is 5.43. The number of hydrogen-bond acceptors (Lipinski definition) is 5. The molecule has 0 aromatic carbocycles. The van der Waals surface area contributed by atoms with Crippen LogP contribution in [0.5, 0.6) is 0 Å². The number of aromatic nitrogens is 3. The van der Waals surface area contributed by atoms with E-state index in [4.69, 9.17) is 0 Å². The summed E-state index contributed by atoms with van der Waals surface area (Å²) in [5, 5.41) is 2.93. The molecule has 0 bridgehead atoms. The average Bonchev–Trinajstić information content (AvgIpc) is 3.27. The molecule has 3 heterocycles. The molecule has 2 aromatic rings. The first-order valence-electron chi connectivity index (χ1n) is 10.0. The fourth-order valence-corrected chi connectivity index (χ4v) is 3.97. The molecular weight excluding hydrogens is 366 g/mol. The van der Waals surface area contributed by atoms with Crippen molar-refractivity contribution < 1.29 is 9.59 Å². The third-order valence-corrected chi connectivity index (χ3v) is 5.64. The first-order valence-corrected chi connectivity index (χ1v) is 10.0. The number of rotatable bonds is 4. The Balaban J connectivity index is 1.48. The van der Waals surface area contributed by atoms with Gasteiger partial charge in [0.25, 0.3) is 5.91 Å². The van der Waals surface area contributed by atoms with Crippen LogP contribution in [-0.4, -0.2) is 38.2 Å². The Morgan fingerprint density at radius 3 is 2.69 bits per heavy atom. The average molecular weight is 391 g/mol. The summed E-state index contributed by atoms with van der Waals surface area (Å²) >= 11 is 0. The molecule has 1 aliphatic carbocycles. The zero-order valence-corrected chi connectivity index (χ0v) is 16.9. The van der Waals surface area contributed by atoms with Crippen LogP contribution in [0.4, 0.5) is 0 Å². The molecule has 1 aliphatic heterocycles. The van der Waals surface area contributed by atoms with Gasteiger partial charge < -0.3 is 10.2 Å². The number of carbonyl (C=O) groups excluding carboxylic acids is 2. The number of allylic oxidation sites excluding steroid dienone is 1. The van der Waals surface area contributed by atoms with Gasteiger partial charge in [-0.25, -0.2) is 4.98 Å². The molecule has 0 saturated carbocycles. The number of amides is 2. The van der Waals surface area contributed by atoms with Gasteiger partial charge in [-0.3, -0.25) is 19.6 Å². The van der Waals surface area contributed by atoms with Crippen molar-refractivity contribution in [3.05, 3.63) is 64.0 Å². The standard InChI is InChI=1S/C22H25N5O2/c1-14-9-25-20(12-23-14)21(28)26-11-19-15(2)24-10-17-13-27(8-7-18(17)19)22(29)16-5-3-4-6-16/h5,9-10,12H,3-4,6-8,11,13H2,1-2H3,(H,26,28).